The predicted molar refractivity (Wildman–Crippen MR) is 114 cm³/mol. The fraction of sp³-hybridized carbons (Fsp3) is 0.208. The summed E-state index contributed by atoms with van der Waals surface area (Å²) in [5.41, 5.74) is 4.04. The molecule has 1 aliphatic carbocycles. The maximum absolute atomic E-state index is 13.8. The van der Waals surface area contributed by atoms with Gasteiger partial charge in [-0.1, -0.05) is 6.07 Å². The number of furan rings is 1. The summed E-state index contributed by atoms with van der Waals surface area (Å²) in [6.07, 6.45) is 4.55. The lowest BCUT2D eigenvalue weighted by Crippen LogP contribution is -2.24. The highest BCUT2D eigenvalue weighted by molar-refractivity contribution is 5.96. The fourth-order valence-corrected chi connectivity index (χ4v) is 3.68. The third-order valence-electron chi connectivity index (χ3n) is 5.26. The number of rotatable bonds is 4. The average Bonchev–Trinajstić information content (AvgIpc) is 3.22. The Morgan fingerprint density at radius 2 is 2.06 bits per heavy atom. The molecule has 7 heteroatoms. The number of allylic oxidation sites excluding steroid dienone is 2. The van der Waals surface area contributed by atoms with Crippen molar-refractivity contribution < 1.29 is 18.3 Å². The number of halogens is 1. The first kappa shape index (κ1) is 20.4. The zero-order valence-corrected chi connectivity index (χ0v) is 17.4. The number of fused-ring (bicyclic) bond motifs is 1. The fourth-order valence-electron chi connectivity index (χ4n) is 3.68. The van der Waals surface area contributed by atoms with Crippen molar-refractivity contribution in [3.05, 3.63) is 71.1 Å². The summed E-state index contributed by atoms with van der Waals surface area (Å²) in [7, 11) is 4.99. The monoisotopic (exact) mass is 417 g/mol. The van der Waals surface area contributed by atoms with Crippen molar-refractivity contribution in [2.24, 2.45) is 0 Å². The minimum Gasteiger partial charge on any atom is -0.496 e. The van der Waals surface area contributed by atoms with E-state index in [1.165, 1.54) is 12.1 Å². The molecule has 0 unspecified atom stereocenters. The second-order valence-electron chi connectivity index (χ2n) is 7.41. The molecule has 0 saturated heterocycles. The first-order valence-electron chi connectivity index (χ1n) is 9.71. The van der Waals surface area contributed by atoms with Crippen molar-refractivity contribution >= 4 is 22.6 Å². The lowest BCUT2D eigenvalue weighted by atomic mass is 9.94. The Hall–Kier alpha value is -3.92. The van der Waals surface area contributed by atoms with Crippen LogP contribution in [0.25, 0.3) is 27.8 Å². The van der Waals surface area contributed by atoms with Gasteiger partial charge in [-0.2, -0.15) is 5.26 Å². The Morgan fingerprint density at radius 3 is 2.77 bits per heavy atom. The maximum Gasteiger partial charge on any atom is 0.249 e. The van der Waals surface area contributed by atoms with Crippen LogP contribution in [0.4, 0.5) is 4.39 Å². The summed E-state index contributed by atoms with van der Waals surface area (Å²) in [5, 5.41) is 9.15. The quantitative estimate of drug-likeness (QED) is 0.616. The van der Waals surface area contributed by atoms with Crippen LogP contribution in [-0.4, -0.2) is 37.0 Å². The van der Waals surface area contributed by atoms with Gasteiger partial charge in [0.05, 0.1) is 12.7 Å². The van der Waals surface area contributed by atoms with Crippen LogP contribution in [0.2, 0.25) is 0 Å². The maximum atomic E-state index is 13.8. The Morgan fingerprint density at radius 1 is 1.26 bits per heavy atom. The number of carbonyl (C=O) groups excluding carboxylic acids is 1. The Kier molecular flexibility index (Phi) is 5.30. The number of nitriles is 1. The van der Waals surface area contributed by atoms with Crippen LogP contribution >= 0.6 is 0 Å². The minimum atomic E-state index is -0.566. The van der Waals surface area contributed by atoms with Crippen molar-refractivity contribution in [3.8, 4) is 17.2 Å². The second kappa shape index (κ2) is 8.07. The van der Waals surface area contributed by atoms with Gasteiger partial charge in [0.2, 0.25) is 5.91 Å². The molecule has 0 radical (unpaired) electrons. The molecule has 3 aromatic rings. The number of methoxy groups -OCH3 is 1. The van der Waals surface area contributed by atoms with E-state index in [0.717, 1.165) is 5.57 Å². The molecule has 2 aromatic heterocycles. The molecule has 0 saturated carbocycles. The number of ether oxygens (including phenoxy) is 1. The van der Waals surface area contributed by atoms with Crippen molar-refractivity contribution in [2.75, 3.05) is 21.2 Å². The first-order valence-corrected chi connectivity index (χ1v) is 9.71. The molecule has 4 rings (SSSR count). The van der Waals surface area contributed by atoms with E-state index in [4.69, 9.17) is 14.4 Å². The van der Waals surface area contributed by atoms with E-state index in [9.17, 15) is 9.18 Å². The summed E-state index contributed by atoms with van der Waals surface area (Å²) in [5.74, 6) is 0.558. The predicted octanol–water partition coefficient (Wildman–Crippen LogP) is 4.67. The molecule has 156 valence electrons. The Bertz CT molecular complexity index is 1300. The first-order chi connectivity index (χ1) is 14.9. The average molecular weight is 417 g/mol. The van der Waals surface area contributed by atoms with Crippen molar-refractivity contribution in [3.63, 3.8) is 0 Å². The summed E-state index contributed by atoms with van der Waals surface area (Å²) in [4.78, 5) is 18.2. The molecule has 0 atom stereocenters. The van der Waals surface area contributed by atoms with Gasteiger partial charge in [0.1, 0.15) is 28.9 Å². The van der Waals surface area contributed by atoms with E-state index in [0.29, 0.717) is 52.2 Å². The molecular formula is C24H20FN3O3. The third kappa shape index (κ3) is 3.68. The van der Waals surface area contributed by atoms with Crippen LogP contribution in [0, 0.1) is 17.1 Å². The highest BCUT2D eigenvalue weighted by Crippen LogP contribution is 2.37. The van der Waals surface area contributed by atoms with Gasteiger partial charge in [-0.05, 0) is 42.7 Å². The summed E-state index contributed by atoms with van der Waals surface area (Å²) >= 11 is 0. The summed E-state index contributed by atoms with van der Waals surface area (Å²) in [6, 6.07) is 9.83. The van der Waals surface area contributed by atoms with Gasteiger partial charge in [-0.3, -0.25) is 9.78 Å². The Labute approximate surface area is 178 Å². The Balaban J connectivity index is 1.82. The largest absolute Gasteiger partial charge is 0.496 e. The number of hydrogen-bond acceptors (Lipinski definition) is 5. The molecule has 0 bridgehead atoms. The van der Waals surface area contributed by atoms with E-state index in [1.54, 1.807) is 50.5 Å². The number of carbonyl (C=O) groups is 1. The van der Waals surface area contributed by atoms with Crippen LogP contribution in [0.1, 0.15) is 24.2 Å². The van der Waals surface area contributed by atoms with Gasteiger partial charge in [-0.25, -0.2) is 4.39 Å². The van der Waals surface area contributed by atoms with Gasteiger partial charge in [0.15, 0.2) is 5.58 Å². The number of likely N-dealkylation sites (N-methyl/N-ethyl adjacent to an activating group) is 1. The minimum absolute atomic E-state index is 0.0332. The topological polar surface area (TPSA) is 79.4 Å². The number of amides is 1. The van der Waals surface area contributed by atoms with E-state index in [2.05, 4.69) is 4.98 Å². The van der Waals surface area contributed by atoms with Crippen molar-refractivity contribution in [2.45, 2.75) is 12.8 Å². The molecule has 1 amide bonds. The molecule has 2 heterocycles. The van der Waals surface area contributed by atoms with Crippen LogP contribution in [-0.2, 0) is 9.53 Å². The normalized spacial score (nSPS) is 13.7. The van der Waals surface area contributed by atoms with E-state index in [-0.39, 0.29) is 11.5 Å². The lowest BCUT2D eigenvalue weighted by molar-refractivity contribution is -0.124. The smallest absolute Gasteiger partial charge is 0.249 e. The summed E-state index contributed by atoms with van der Waals surface area (Å²) < 4.78 is 25.5. The van der Waals surface area contributed by atoms with Gasteiger partial charge in [-0.15, -0.1) is 0 Å². The number of hydrogen-bond donors (Lipinski definition) is 0. The molecule has 31 heavy (non-hydrogen) atoms. The number of benzene rings is 1. The molecule has 0 N–H and O–H groups in total. The number of pyridine rings is 1. The van der Waals surface area contributed by atoms with Crippen LogP contribution in [0.15, 0.2) is 58.4 Å². The van der Waals surface area contributed by atoms with Crippen molar-refractivity contribution in [1.29, 1.82) is 5.26 Å². The SMILES string of the molecule is COC1=C(c2cc3nccc(-c4ccc(F)c(C#N)c4)c3o2)CCC(C(=O)N(C)C)=C1. The van der Waals surface area contributed by atoms with Gasteiger partial charge in [0.25, 0.3) is 0 Å². The number of aromatic nitrogens is 1. The summed E-state index contributed by atoms with van der Waals surface area (Å²) in [6.45, 7) is 0. The van der Waals surface area contributed by atoms with Crippen LogP contribution in [0.5, 0.6) is 0 Å². The third-order valence-corrected chi connectivity index (χ3v) is 5.26. The zero-order chi connectivity index (χ0) is 22.1. The molecule has 1 aliphatic rings. The zero-order valence-electron chi connectivity index (χ0n) is 17.4. The molecule has 0 aliphatic heterocycles. The highest BCUT2D eigenvalue weighted by Gasteiger charge is 2.24. The highest BCUT2D eigenvalue weighted by atomic mass is 19.1. The molecular weight excluding hydrogens is 397 g/mol. The van der Waals surface area contributed by atoms with E-state index < -0.39 is 5.82 Å². The van der Waals surface area contributed by atoms with Crippen LogP contribution in [0.3, 0.4) is 0 Å². The van der Waals surface area contributed by atoms with Gasteiger partial charge < -0.3 is 14.1 Å². The van der Waals surface area contributed by atoms with E-state index >= 15 is 0 Å². The van der Waals surface area contributed by atoms with Crippen LogP contribution < -0.4 is 0 Å². The van der Waals surface area contributed by atoms with E-state index in [1.807, 2.05) is 12.1 Å². The van der Waals surface area contributed by atoms with Crippen molar-refractivity contribution in [1.82, 2.24) is 9.88 Å². The molecule has 0 fully saturated rings. The standard InChI is InChI=1S/C24H20FN3O3/c1-28(2)24(29)15-4-6-18(21(11-15)30-3)22-12-20-23(31-22)17(8-9-27-20)14-5-7-19(25)16(10-14)13-26/h5,7-12H,4,6H2,1-3H3. The molecule has 6 nitrogen and oxygen atoms in total. The molecule has 1 aromatic carbocycles. The van der Waals surface area contributed by atoms with Gasteiger partial charge in [0, 0.05) is 43.1 Å². The number of nitrogens with zero attached hydrogens (tertiary/aromatic N) is 3. The second-order valence-corrected chi connectivity index (χ2v) is 7.41. The lowest BCUT2D eigenvalue weighted by Gasteiger charge is -2.20. The molecule has 0 spiro atoms. The van der Waals surface area contributed by atoms with Gasteiger partial charge >= 0.3 is 0 Å².